The van der Waals surface area contributed by atoms with Crippen LogP contribution in [0.3, 0.4) is 0 Å². The molecule has 2 fully saturated rings. The van der Waals surface area contributed by atoms with E-state index in [9.17, 15) is 29.4 Å². The van der Waals surface area contributed by atoms with Gasteiger partial charge in [-0.2, -0.15) is 0 Å². The highest BCUT2D eigenvalue weighted by Crippen LogP contribution is 2.48. The summed E-state index contributed by atoms with van der Waals surface area (Å²) in [6, 6.07) is 5.39. The number of carboxylic acids is 1. The van der Waals surface area contributed by atoms with Gasteiger partial charge in [0.1, 0.15) is 0 Å². The van der Waals surface area contributed by atoms with Crippen molar-refractivity contribution < 1.29 is 34.1 Å². The molecule has 2 heterocycles. The summed E-state index contributed by atoms with van der Waals surface area (Å²) in [4.78, 5) is 51.5. The van der Waals surface area contributed by atoms with Gasteiger partial charge in [-0.25, -0.2) is 4.79 Å². The first-order valence-electron chi connectivity index (χ1n) is 11.1. The number of carboxylic acid groups (broad SMARTS) is 1. The van der Waals surface area contributed by atoms with Crippen LogP contribution in [0.2, 0.25) is 0 Å². The van der Waals surface area contributed by atoms with Gasteiger partial charge in [0, 0.05) is 12.6 Å². The van der Waals surface area contributed by atoms with Crippen LogP contribution in [0.15, 0.2) is 36.4 Å². The molecule has 9 heteroatoms. The van der Waals surface area contributed by atoms with Gasteiger partial charge in [0.05, 0.1) is 31.1 Å². The van der Waals surface area contributed by atoms with E-state index in [0.29, 0.717) is 17.5 Å². The number of benzene rings is 1. The minimum Gasteiger partial charge on any atom is -0.480 e. The lowest BCUT2D eigenvalue weighted by Gasteiger charge is -2.29. The highest BCUT2D eigenvalue weighted by Gasteiger charge is 2.68. The Morgan fingerprint density at radius 2 is 1.82 bits per heavy atom. The number of carbonyl (C=O) groups is 4. The van der Waals surface area contributed by atoms with Crippen molar-refractivity contribution in [2.45, 2.75) is 44.2 Å². The molecular weight excluding hydrogens is 428 g/mol. The number of ether oxygens (including phenoxy) is 1. The van der Waals surface area contributed by atoms with E-state index >= 15 is 0 Å². The maximum atomic E-state index is 13.3. The van der Waals surface area contributed by atoms with Crippen LogP contribution in [0.25, 0.3) is 0 Å². The Labute approximate surface area is 192 Å². The number of unbranched alkanes of at least 4 members (excludes halogenated alkanes) is 2. The zero-order chi connectivity index (χ0) is 24.2. The van der Waals surface area contributed by atoms with Crippen LogP contribution >= 0.6 is 0 Å². The molecule has 178 valence electrons. The molecule has 0 spiro atoms. The van der Waals surface area contributed by atoms with Gasteiger partial charge in [-0.15, -0.1) is 0 Å². The molecule has 3 rings (SSSR count). The van der Waals surface area contributed by atoms with E-state index in [4.69, 9.17) is 4.74 Å². The smallest absolute Gasteiger partial charge is 0.337 e. The predicted molar refractivity (Wildman–Crippen MR) is 118 cm³/mol. The molecule has 0 aliphatic carbocycles. The second-order valence-corrected chi connectivity index (χ2v) is 8.40. The number of nitrogens with one attached hydrogen (secondary N) is 1. The van der Waals surface area contributed by atoms with E-state index < -0.39 is 53.8 Å². The average Bonchev–Trinajstić information content (AvgIpc) is 3.30. The van der Waals surface area contributed by atoms with Gasteiger partial charge in [-0.3, -0.25) is 24.6 Å². The fourth-order valence-electron chi connectivity index (χ4n) is 4.69. The maximum Gasteiger partial charge on any atom is 0.337 e. The van der Waals surface area contributed by atoms with Gasteiger partial charge < -0.3 is 14.9 Å². The molecule has 0 radical (unpaired) electrons. The molecule has 0 saturated carbocycles. The molecule has 4 atom stereocenters. The van der Waals surface area contributed by atoms with E-state index in [0.717, 1.165) is 24.2 Å². The minimum absolute atomic E-state index is 0.155. The Bertz CT molecular complexity index is 943. The Hall–Kier alpha value is -3.04. The second kappa shape index (κ2) is 10.3. The molecule has 3 N–H and O–H groups in total. The van der Waals surface area contributed by atoms with Crippen LogP contribution in [0.1, 0.15) is 54.6 Å². The van der Waals surface area contributed by atoms with Crippen molar-refractivity contribution in [1.29, 1.82) is 0 Å². The second-order valence-electron chi connectivity index (χ2n) is 8.40. The number of amides is 2. The highest BCUT2D eigenvalue weighted by atomic mass is 16.5. The predicted octanol–water partition coefficient (Wildman–Crippen LogP) is 1.67. The number of carbonyl (C=O) groups excluding carboxylic acids is 3. The first-order chi connectivity index (χ1) is 15.8. The number of likely N-dealkylation sites (tertiary alicyclic amines) is 1. The summed E-state index contributed by atoms with van der Waals surface area (Å²) in [7, 11) is 1.26. The summed E-state index contributed by atoms with van der Waals surface area (Å²) in [5.41, 5.74) is -1.14. The van der Waals surface area contributed by atoms with E-state index in [1.165, 1.54) is 19.2 Å². The maximum absolute atomic E-state index is 13.3. The standard InChI is InChI=1S/C24H30N2O7/c1-3-4-5-6-7-8-13-26-20(28)17-18(21(26)29)24(14-27,23(31)32)25-19(17)15-9-11-16(12-10-15)22(30)33-2/h6-7,9-12,17-19,25,27H,3-5,8,13-14H2,1-2H3,(H,31,32). The summed E-state index contributed by atoms with van der Waals surface area (Å²) in [6.07, 6.45) is 7.46. The van der Waals surface area contributed by atoms with Gasteiger partial charge in [-0.05, 0) is 30.5 Å². The van der Waals surface area contributed by atoms with Crippen LogP contribution < -0.4 is 5.32 Å². The lowest BCUT2D eigenvalue weighted by Crippen LogP contribution is -2.58. The van der Waals surface area contributed by atoms with Crippen molar-refractivity contribution in [2.75, 3.05) is 20.3 Å². The number of allylic oxidation sites excluding steroid dienone is 1. The molecule has 9 nitrogen and oxygen atoms in total. The molecule has 1 aromatic carbocycles. The van der Waals surface area contributed by atoms with Crippen LogP contribution in [0.4, 0.5) is 0 Å². The zero-order valence-corrected chi connectivity index (χ0v) is 18.8. The Balaban J connectivity index is 1.89. The number of methoxy groups -OCH3 is 1. The van der Waals surface area contributed by atoms with Crippen molar-refractivity contribution in [3.05, 3.63) is 47.5 Å². The lowest BCUT2D eigenvalue weighted by molar-refractivity contribution is -0.153. The SMILES string of the molecule is CCCCC=CCCN1C(=O)C2C(c3ccc(C(=O)OC)cc3)NC(CO)(C(=O)O)C2C1=O. The van der Waals surface area contributed by atoms with Crippen LogP contribution in [-0.4, -0.2) is 64.7 Å². The number of esters is 1. The van der Waals surface area contributed by atoms with Crippen molar-refractivity contribution >= 4 is 23.8 Å². The Morgan fingerprint density at radius 1 is 1.15 bits per heavy atom. The van der Waals surface area contributed by atoms with Crippen LogP contribution in [0, 0.1) is 11.8 Å². The third kappa shape index (κ3) is 4.43. The Kier molecular flexibility index (Phi) is 7.65. The number of nitrogens with zero attached hydrogens (tertiary/aromatic N) is 1. The molecule has 2 saturated heterocycles. The number of imide groups is 1. The number of hydrogen-bond acceptors (Lipinski definition) is 7. The highest BCUT2D eigenvalue weighted by molar-refractivity contribution is 6.09. The molecule has 0 bridgehead atoms. The van der Waals surface area contributed by atoms with Crippen molar-refractivity contribution in [3.8, 4) is 0 Å². The first-order valence-corrected chi connectivity index (χ1v) is 11.1. The molecule has 4 unspecified atom stereocenters. The minimum atomic E-state index is -1.98. The number of aliphatic hydroxyl groups excluding tert-OH is 1. The normalized spacial score (nSPS) is 26.8. The van der Waals surface area contributed by atoms with Gasteiger partial charge in [-0.1, -0.05) is 44.1 Å². The average molecular weight is 459 g/mol. The fourth-order valence-corrected chi connectivity index (χ4v) is 4.69. The number of aliphatic carboxylic acids is 1. The number of aliphatic hydroxyl groups is 1. The van der Waals surface area contributed by atoms with Crippen molar-refractivity contribution in [2.24, 2.45) is 11.8 Å². The first kappa shape index (κ1) is 24.6. The fraction of sp³-hybridized carbons (Fsp3) is 0.500. The zero-order valence-electron chi connectivity index (χ0n) is 18.8. The van der Waals surface area contributed by atoms with Crippen molar-refractivity contribution in [3.63, 3.8) is 0 Å². The van der Waals surface area contributed by atoms with Gasteiger partial charge in [0.25, 0.3) is 0 Å². The summed E-state index contributed by atoms with van der Waals surface area (Å²) >= 11 is 0. The molecule has 2 aliphatic rings. The summed E-state index contributed by atoms with van der Waals surface area (Å²) in [5, 5.41) is 22.8. The van der Waals surface area contributed by atoms with E-state index in [1.54, 1.807) is 12.1 Å². The molecular formula is C24H30N2O7. The van der Waals surface area contributed by atoms with E-state index in [2.05, 4.69) is 12.2 Å². The monoisotopic (exact) mass is 458 g/mol. The van der Waals surface area contributed by atoms with Crippen molar-refractivity contribution in [1.82, 2.24) is 10.2 Å². The summed E-state index contributed by atoms with van der Waals surface area (Å²) in [5.74, 6) is -5.19. The number of rotatable bonds is 10. The number of fused-ring (bicyclic) bond motifs is 1. The summed E-state index contributed by atoms with van der Waals surface area (Å²) < 4.78 is 4.69. The van der Waals surface area contributed by atoms with Gasteiger partial charge in [0.15, 0.2) is 5.54 Å². The lowest BCUT2D eigenvalue weighted by atomic mass is 9.79. The van der Waals surface area contributed by atoms with Gasteiger partial charge >= 0.3 is 11.9 Å². The quantitative estimate of drug-likeness (QED) is 0.209. The summed E-state index contributed by atoms with van der Waals surface area (Å²) in [6.45, 7) is 1.41. The third-order valence-electron chi connectivity index (χ3n) is 6.48. The Morgan fingerprint density at radius 3 is 2.39 bits per heavy atom. The van der Waals surface area contributed by atoms with Crippen LogP contribution in [-0.2, 0) is 19.1 Å². The van der Waals surface area contributed by atoms with E-state index in [-0.39, 0.29) is 6.54 Å². The third-order valence-corrected chi connectivity index (χ3v) is 6.48. The molecule has 2 amide bonds. The molecule has 0 aromatic heterocycles. The number of hydrogen-bond donors (Lipinski definition) is 3. The molecule has 1 aromatic rings. The topological polar surface area (TPSA) is 133 Å². The molecule has 2 aliphatic heterocycles. The van der Waals surface area contributed by atoms with Crippen LogP contribution in [0.5, 0.6) is 0 Å². The van der Waals surface area contributed by atoms with E-state index in [1.807, 2.05) is 12.2 Å². The van der Waals surface area contributed by atoms with Gasteiger partial charge in [0.2, 0.25) is 11.8 Å². The largest absolute Gasteiger partial charge is 0.480 e. The molecule has 33 heavy (non-hydrogen) atoms.